The van der Waals surface area contributed by atoms with Crippen LogP contribution >= 0.6 is 11.3 Å². The van der Waals surface area contributed by atoms with Crippen LogP contribution in [0.15, 0.2) is 12.1 Å². The van der Waals surface area contributed by atoms with E-state index in [1.165, 1.54) is 37.0 Å². The van der Waals surface area contributed by atoms with Gasteiger partial charge in [-0.15, -0.1) is 11.3 Å². The fraction of sp³-hybridized carbons (Fsp3) is 0.789. The smallest absolute Gasteiger partial charge is 0.0443 e. The van der Waals surface area contributed by atoms with Gasteiger partial charge in [-0.25, -0.2) is 0 Å². The molecule has 1 aromatic heterocycles. The predicted octanol–water partition coefficient (Wildman–Crippen LogP) is 5.95. The topological polar surface area (TPSA) is 12.0 Å². The second-order valence-corrected chi connectivity index (χ2v) is 9.18. The third-order valence-electron chi connectivity index (χ3n) is 5.15. The van der Waals surface area contributed by atoms with Gasteiger partial charge < -0.3 is 5.32 Å². The minimum absolute atomic E-state index is 0.483. The molecule has 1 unspecified atom stereocenters. The summed E-state index contributed by atoms with van der Waals surface area (Å²) in [5.41, 5.74) is 0.483. The van der Waals surface area contributed by atoms with Crippen molar-refractivity contribution >= 4 is 11.3 Å². The number of rotatable bonds is 5. The number of nitrogens with one attached hydrogen (secondary N) is 1. The van der Waals surface area contributed by atoms with E-state index in [-0.39, 0.29) is 0 Å². The van der Waals surface area contributed by atoms with Crippen molar-refractivity contribution in [3.63, 3.8) is 0 Å². The molecule has 1 saturated carbocycles. The van der Waals surface area contributed by atoms with Crippen molar-refractivity contribution in [2.24, 2.45) is 17.3 Å². The van der Waals surface area contributed by atoms with Gasteiger partial charge in [0.15, 0.2) is 0 Å². The third-order valence-corrected chi connectivity index (χ3v) is 6.23. The number of aryl methyl sites for hydroxylation is 1. The molecule has 0 saturated heterocycles. The second-order valence-electron chi connectivity index (χ2n) is 7.86. The van der Waals surface area contributed by atoms with Crippen LogP contribution in [0.25, 0.3) is 0 Å². The first-order valence-electron chi connectivity index (χ1n) is 8.71. The molecular formula is C19H33NS. The first-order valence-corrected chi connectivity index (χ1v) is 9.53. The molecule has 1 atom stereocenters. The summed E-state index contributed by atoms with van der Waals surface area (Å²) in [5, 5.41) is 3.83. The van der Waals surface area contributed by atoms with Crippen LogP contribution in [-0.4, -0.2) is 6.54 Å². The zero-order valence-electron chi connectivity index (χ0n) is 14.5. The SMILES string of the molecule is CCCNC(c1ccc(C)s1)C1CCC(C(C)(C)C)CC1. The van der Waals surface area contributed by atoms with Crippen molar-refractivity contribution in [3.05, 3.63) is 21.9 Å². The van der Waals surface area contributed by atoms with Crippen LogP contribution in [0.3, 0.4) is 0 Å². The molecule has 1 N–H and O–H groups in total. The normalized spacial score (nSPS) is 25.0. The highest BCUT2D eigenvalue weighted by Gasteiger charge is 2.33. The number of thiophene rings is 1. The lowest BCUT2D eigenvalue weighted by molar-refractivity contribution is 0.133. The Balaban J connectivity index is 2.02. The largest absolute Gasteiger partial charge is 0.309 e. The first kappa shape index (κ1) is 17.0. The molecule has 1 aliphatic rings. The Morgan fingerprint density at radius 1 is 1.19 bits per heavy atom. The summed E-state index contributed by atoms with van der Waals surface area (Å²) in [7, 11) is 0. The molecule has 2 heteroatoms. The molecule has 0 amide bonds. The van der Waals surface area contributed by atoms with Crippen LogP contribution in [0, 0.1) is 24.2 Å². The fourth-order valence-corrected chi connectivity index (χ4v) is 4.79. The number of hydrogen-bond donors (Lipinski definition) is 1. The number of hydrogen-bond acceptors (Lipinski definition) is 2. The molecule has 0 aromatic carbocycles. The molecule has 1 nitrogen and oxygen atoms in total. The van der Waals surface area contributed by atoms with Crippen LogP contribution < -0.4 is 5.32 Å². The second kappa shape index (κ2) is 7.28. The van der Waals surface area contributed by atoms with Crippen molar-refractivity contribution in [3.8, 4) is 0 Å². The van der Waals surface area contributed by atoms with Gasteiger partial charge in [0.1, 0.15) is 0 Å². The fourth-order valence-electron chi connectivity index (χ4n) is 3.74. The Bertz CT molecular complexity index is 421. The van der Waals surface area contributed by atoms with E-state index >= 15 is 0 Å². The zero-order chi connectivity index (χ0) is 15.5. The van der Waals surface area contributed by atoms with Gasteiger partial charge in [0.25, 0.3) is 0 Å². The Hall–Kier alpha value is -0.340. The van der Waals surface area contributed by atoms with Crippen molar-refractivity contribution < 1.29 is 0 Å². The molecule has 0 bridgehead atoms. The van der Waals surface area contributed by atoms with Gasteiger partial charge in [0, 0.05) is 15.8 Å². The maximum Gasteiger partial charge on any atom is 0.0443 e. The highest BCUT2D eigenvalue weighted by atomic mass is 32.1. The molecule has 1 fully saturated rings. The van der Waals surface area contributed by atoms with E-state index in [0.717, 1.165) is 18.4 Å². The zero-order valence-corrected chi connectivity index (χ0v) is 15.4. The van der Waals surface area contributed by atoms with E-state index in [0.29, 0.717) is 11.5 Å². The maximum absolute atomic E-state index is 3.83. The van der Waals surface area contributed by atoms with E-state index in [9.17, 15) is 0 Å². The molecule has 21 heavy (non-hydrogen) atoms. The summed E-state index contributed by atoms with van der Waals surface area (Å²) in [6.07, 6.45) is 6.81. The molecule has 1 aliphatic carbocycles. The third kappa shape index (κ3) is 4.56. The standard InChI is InChI=1S/C19H33NS/c1-6-13-20-18(17-12-7-14(2)21-17)15-8-10-16(11-9-15)19(3,4)5/h7,12,15-16,18,20H,6,8-11,13H2,1-5H3. The molecule has 2 rings (SSSR count). The van der Waals surface area contributed by atoms with Crippen LogP contribution in [0.2, 0.25) is 0 Å². The molecule has 0 aliphatic heterocycles. The lowest BCUT2D eigenvalue weighted by Crippen LogP contribution is -2.33. The van der Waals surface area contributed by atoms with Crippen molar-refractivity contribution in [1.82, 2.24) is 5.32 Å². The van der Waals surface area contributed by atoms with E-state index < -0.39 is 0 Å². The summed E-state index contributed by atoms with van der Waals surface area (Å²) in [6, 6.07) is 5.22. The molecule has 1 aromatic rings. The average molecular weight is 308 g/mol. The Kier molecular flexibility index (Phi) is 5.90. The minimum Gasteiger partial charge on any atom is -0.309 e. The van der Waals surface area contributed by atoms with Crippen molar-refractivity contribution in [2.75, 3.05) is 6.54 Å². The van der Waals surface area contributed by atoms with Crippen molar-refractivity contribution in [1.29, 1.82) is 0 Å². The van der Waals surface area contributed by atoms with Crippen LogP contribution in [-0.2, 0) is 0 Å². The van der Waals surface area contributed by atoms with E-state index in [4.69, 9.17) is 0 Å². The van der Waals surface area contributed by atoms with E-state index in [2.05, 4.69) is 52.1 Å². The molecule has 0 radical (unpaired) electrons. The molecule has 1 heterocycles. The quantitative estimate of drug-likeness (QED) is 0.708. The van der Waals surface area contributed by atoms with Gasteiger partial charge in [-0.3, -0.25) is 0 Å². The summed E-state index contributed by atoms with van der Waals surface area (Å²) in [4.78, 5) is 3.00. The predicted molar refractivity (Wildman–Crippen MR) is 95.0 cm³/mol. The highest BCUT2D eigenvalue weighted by Crippen LogP contribution is 2.44. The van der Waals surface area contributed by atoms with Gasteiger partial charge in [0.2, 0.25) is 0 Å². The van der Waals surface area contributed by atoms with Gasteiger partial charge in [-0.2, -0.15) is 0 Å². The van der Waals surface area contributed by atoms with Crippen molar-refractivity contribution in [2.45, 2.75) is 72.8 Å². The molecule has 0 spiro atoms. The van der Waals surface area contributed by atoms with Gasteiger partial charge in [-0.1, -0.05) is 27.7 Å². The summed E-state index contributed by atoms with van der Waals surface area (Å²) >= 11 is 1.98. The van der Waals surface area contributed by atoms with Gasteiger partial charge in [-0.05, 0) is 75.0 Å². The summed E-state index contributed by atoms with van der Waals surface area (Å²) in [5.74, 6) is 1.74. The highest BCUT2D eigenvalue weighted by molar-refractivity contribution is 7.12. The van der Waals surface area contributed by atoms with Gasteiger partial charge >= 0.3 is 0 Å². The summed E-state index contributed by atoms with van der Waals surface area (Å²) < 4.78 is 0. The Morgan fingerprint density at radius 2 is 1.86 bits per heavy atom. The average Bonchev–Trinajstić information content (AvgIpc) is 2.85. The van der Waals surface area contributed by atoms with Gasteiger partial charge in [0.05, 0.1) is 0 Å². The van der Waals surface area contributed by atoms with Crippen LogP contribution in [0.1, 0.15) is 75.6 Å². The Morgan fingerprint density at radius 3 is 2.33 bits per heavy atom. The lowest BCUT2D eigenvalue weighted by atomic mass is 9.68. The van der Waals surface area contributed by atoms with Crippen LogP contribution in [0.4, 0.5) is 0 Å². The summed E-state index contributed by atoms with van der Waals surface area (Å²) in [6.45, 7) is 12.9. The Labute approximate surface area is 135 Å². The monoisotopic (exact) mass is 307 g/mol. The van der Waals surface area contributed by atoms with E-state index in [1.54, 1.807) is 4.88 Å². The first-order chi connectivity index (χ1) is 9.91. The van der Waals surface area contributed by atoms with E-state index in [1.807, 2.05) is 11.3 Å². The molecular weight excluding hydrogens is 274 g/mol. The van der Waals surface area contributed by atoms with Crippen LogP contribution in [0.5, 0.6) is 0 Å². The minimum atomic E-state index is 0.483. The maximum atomic E-state index is 3.83. The molecule has 120 valence electrons. The lowest BCUT2D eigenvalue weighted by Gasteiger charge is -2.39.